The van der Waals surface area contributed by atoms with Gasteiger partial charge in [-0.05, 0) is 38.0 Å². The molecular formula is C15H22N4O2S. The third kappa shape index (κ3) is 3.72. The molecule has 0 bridgehead atoms. The number of hydrazone groups is 1. The van der Waals surface area contributed by atoms with Gasteiger partial charge in [0.2, 0.25) is 10.0 Å². The molecule has 1 N–H and O–H groups in total. The lowest BCUT2D eigenvalue weighted by Gasteiger charge is -2.18. The van der Waals surface area contributed by atoms with Gasteiger partial charge in [0.1, 0.15) is 10.7 Å². The lowest BCUT2D eigenvalue weighted by Crippen LogP contribution is -2.30. The van der Waals surface area contributed by atoms with Crippen molar-refractivity contribution >= 4 is 21.6 Å². The van der Waals surface area contributed by atoms with Crippen LogP contribution in [0.3, 0.4) is 0 Å². The summed E-state index contributed by atoms with van der Waals surface area (Å²) in [4.78, 5) is 4.33. The summed E-state index contributed by atoms with van der Waals surface area (Å²) < 4.78 is 26.1. The topological polar surface area (TPSA) is 74.7 Å². The summed E-state index contributed by atoms with van der Waals surface area (Å²) in [6.45, 7) is 6.60. The van der Waals surface area contributed by atoms with Gasteiger partial charge in [-0.1, -0.05) is 19.4 Å². The highest BCUT2D eigenvalue weighted by Gasteiger charge is 2.21. The van der Waals surface area contributed by atoms with Crippen LogP contribution in [-0.2, 0) is 10.0 Å². The van der Waals surface area contributed by atoms with E-state index in [4.69, 9.17) is 0 Å². The van der Waals surface area contributed by atoms with Gasteiger partial charge in [0, 0.05) is 19.3 Å². The lowest BCUT2D eigenvalue weighted by molar-refractivity contribution is 0.445. The zero-order chi connectivity index (χ0) is 16.2. The van der Waals surface area contributed by atoms with Crippen LogP contribution in [0.25, 0.3) is 0 Å². The van der Waals surface area contributed by atoms with E-state index >= 15 is 0 Å². The van der Waals surface area contributed by atoms with Gasteiger partial charge >= 0.3 is 0 Å². The van der Waals surface area contributed by atoms with Gasteiger partial charge in [0.15, 0.2) is 0 Å². The molecule has 0 fully saturated rings. The van der Waals surface area contributed by atoms with Crippen LogP contribution in [0.2, 0.25) is 0 Å². The molecule has 0 aromatic carbocycles. The Kier molecular flexibility index (Phi) is 5.31. The number of hydrogen-bond donors (Lipinski definition) is 1. The van der Waals surface area contributed by atoms with Gasteiger partial charge in [-0.2, -0.15) is 9.41 Å². The summed E-state index contributed by atoms with van der Waals surface area (Å²) in [5.74, 6) is 0.531. The number of sulfonamides is 1. The van der Waals surface area contributed by atoms with Crippen LogP contribution in [0.15, 0.2) is 40.0 Å². The number of allylic oxidation sites excluding steroid dienone is 2. The molecule has 1 heterocycles. The Morgan fingerprint density at radius 3 is 2.50 bits per heavy atom. The molecule has 0 saturated carbocycles. The maximum atomic E-state index is 12.3. The summed E-state index contributed by atoms with van der Waals surface area (Å²) in [6.07, 6.45) is 5.38. The molecule has 0 unspecified atom stereocenters. The SMILES string of the molecule is CCN(CC)S(=O)(=O)c1ccc(N/N=C2/C=C(C)CC2)nc1. The molecule has 22 heavy (non-hydrogen) atoms. The summed E-state index contributed by atoms with van der Waals surface area (Å²) in [5, 5.41) is 4.27. The Labute approximate surface area is 132 Å². The molecular weight excluding hydrogens is 300 g/mol. The standard InChI is InChI=1S/C15H22N4O2S/c1-4-19(5-2)22(20,21)14-8-9-15(16-11-14)18-17-13-7-6-12(3)10-13/h8-11H,4-7H2,1-3H3,(H,16,18)/b17-13+. The minimum Gasteiger partial charge on any atom is -0.261 e. The highest BCUT2D eigenvalue weighted by atomic mass is 32.2. The van der Waals surface area contributed by atoms with Gasteiger partial charge in [-0.25, -0.2) is 13.4 Å². The van der Waals surface area contributed by atoms with Crippen molar-refractivity contribution in [3.63, 3.8) is 0 Å². The van der Waals surface area contributed by atoms with Crippen LogP contribution in [0.1, 0.15) is 33.6 Å². The van der Waals surface area contributed by atoms with E-state index in [0.717, 1.165) is 18.6 Å². The van der Waals surface area contributed by atoms with Gasteiger partial charge < -0.3 is 0 Å². The molecule has 7 heteroatoms. The molecule has 0 amide bonds. The van der Waals surface area contributed by atoms with E-state index in [1.165, 1.54) is 16.1 Å². The third-order valence-corrected chi connectivity index (χ3v) is 5.62. The van der Waals surface area contributed by atoms with Crippen LogP contribution in [0.4, 0.5) is 5.82 Å². The van der Waals surface area contributed by atoms with Crippen molar-refractivity contribution in [3.05, 3.63) is 30.0 Å². The maximum absolute atomic E-state index is 12.3. The molecule has 0 spiro atoms. The number of rotatable bonds is 6. The summed E-state index contributed by atoms with van der Waals surface area (Å²) >= 11 is 0. The molecule has 1 aliphatic rings. The van der Waals surface area contributed by atoms with E-state index < -0.39 is 10.0 Å². The van der Waals surface area contributed by atoms with Crippen LogP contribution >= 0.6 is 0 Å². The van der Waals surface area contributed by atoms with Crippen molar-refractivity contribution < 1.29 is 8.42 Å². The minimum absolute atomic E-state index is 0.200. The first kappa shape index (κ1) is 16.6. The molecule has 0 atom stereocenters. The average molecular weight is 322 g/mol. The Bertz CT molecular complexity index is 674. The summed E-state index contributed by atoms with van der Waals surface area (Å²) in [5.41, 5.74) is 5.17. The molecule has 6 nitrogen and oxygen atoms in total. The number of hydrogen-bond acceptors (Lipinski definition) is 5. The first-order valence-electron chi connectivity index (χ1n) is 7.43. The van der Waals surface area contributed by atoms with Gasteiger partial charge in [-0.3, -0.25) is 5.43 Å². The van der Waals surface area contributed by atoms with Crippen molar-refractivity contribution in [3.8, 4) is 0 Å². The predicted molar refractivity (Wildman–Crippen MR) is 88.4 cm³/mol. The zero-order valence-corrected chi connectivity index (χ0v) is 14.0. The van der Waals surface area contributed by atoms with Crippen LogP contribution in [0.5, 0.6) is 0 Å². The molecule has 1 aromatic rings. The molecule has 0 aliphatic heterocycles. The Hall–Kier alpha value is -1.73. The number of nitrogens with zero attached hydrogens (tertiary/aromatic N) is 3. The number of aromatic nitrogens is 1. The van der Waals surface area contributed by atoms with Crippen molar-refractivity contribution in [2.45, 2.75) is 38.5 Å². The van der Waals surface area contributed by atoms with E-state index in [0.29, 0.717) is 18.9 Å². The first-order chi connectivity index (χ1) is 10.5. The highest BCUT2D eigenvalue weighted by Crippen LogP contribution is 2.17. The Morgan fingerprint density at radius 1 is 1.27 bits per heavy atom. The van der Waals surface area contributed by atoms with Gasteiger partial charge in [0.25, 0.3) is 0 Å². The van der Waals surface area contributed by atoms with Crippen molar-refractivity contribution in [1.82, 2.24) is 9.29 Å². The van der Waals surface area contributed by atoms with E-state index in [2.05, 4.69) is 22.4 Å². The largest absolute Gasteiger partial charge is 0.261 e. The second-order valence-electron chi connectivity index (χ2n) is 5.17. The second kappa shape index (κ2) is 7.02. The van der Waals surface area contributed by atoms with E-state index in [1.54, 1.807) is 12.1 Å². The third-order valence-electron chi connectivity index (χ3n) is 3.58. The Balaban J connectivity index is 2.11. The maximum Gasteiger partial charge on any atom is 0.244 e. The monoisotopic (exact) mass is 322 g/mol. The van der Waals surface area contributed by atoms with E-state index in [9.17, 15) is 8.42 Å². The number of pyridine rings is 1. The molecule has 1 aliphatic carbocycles. The average Bonchev–Trinajstić information content (AvgIpc) is 2.92. The fraction of sp³-hybridized carbons (Fsp3) is 0.467. The summed E-state index contributed by atoms with van der Waals surface area (Å²) in [6, 6.07) is 3.19. The Morgan fingerprint density at radius 2 is 2.00 bits per heavy atom. The van der Waals surface area contributed by atoms with Gasteiger partial charge in [0.05, 0.1) is 5.71 Å². The highest BCUT2D eigenvalue weighted by molar-refractivity contribution is 7.89. The minimum atomic E-state index is -3.46. The van der Waals surface area contributed by atoms with Crippen molar-refractivity contribution in [2.24, 2.45) is 5.10 Å². The first-order valence-corrected chi connectivity index (χ1v) is 8.87. The molecule has 0 radical (unpaired) electrons. The van der Waals surface area contributed by atoms with E-state index in [1.807, 2.05) is 19.9 Å². The zero-order valence-electron chi connectivity index (χ0n) is 13.2. The molecule has 0 saturated heterocycles. The quantitative estimate of drug-likeness (QED) is 0.817. The summed E-state index contributed by atoms with van der Waals surface area (Å²) in [7, 11) is -3.46. The van der Waals surface area contributed by atoms with E-state index in [-0.39, 0.29) is 4.90 Å². The lowest BCUT2D eigenvalue weighted by atomic mass is 10.3. The predicted octanol–water partition coefficient (Wildman–Crippen LogP) is 2.62. The number of anilines is 1. The van der Waals surface area contributed by atoms with Crippen LogP contribution in [-0.4, -0.2) is 36.5 Å². The van der Waals surface area contributed by atoms with Crippen LogP contribution < -0.4 is 5.43 Å². The van der Waals surface area contributed by atoms with Gasteiger partial charge in [-0.15, -0.1) is 0 Å². The fourth-order valence-electron chi connectivity index (χ4n) is 2.28. The second-order valence-corrected chi connectivity index (χ2v) is 7.11. The number of nitrogens with one attached hydrogen (secondary N) is 1. The molecule has 2 rings (SSSR count). The smallest absolute Gasteiger partial charge is 0.244 e. The fourth-order valence-corrected chi connectivity index (χ4v) is 3.69. The normalized spacial score (nSPS) is 17.1. The molecule has 1 aromatic heterocycles. The van der Waals surface area contributed by atoms with Crippen LogP contribution in [0, 0.1) is 0 Å². The van der Waals surface area contributed by atoms with Crippen molar-refractivity contribution in [1.29, 1.82) is 0 Å². The molecule has 120 valence electrons. The van der Waals surface area contributed by atoms with Crippen molar-refractivity contribution in [2.75, 3.05) is 18.5 Å².